The average Bonchev–Trinajstić information content (AvgIpc) is 2.52. The summed E-state index contributed by atoms with van der Waals surface area (Å²) in [4.78, 5) is 12.0. The molecule has 2 rings (SSSR count). The van der Waals surface area contributed by atoms with Gasteiger partial charge in [0, 0.05) is 0 Å². The van der Waals surface area contributed by atoms with Crippen LogP contribution in [0.4, 0.5) is 24.5 Å². The molecular weight excluding hydrogens is 321 g/mol. The van der Waals surface area contributed by atoms with Crippen molar-refractivity contribution in [1.29, 1.82) is 0 Å². The molecule has 2 N–H and O–H groups in total. The minimum Gasteiger partial charge on any atom is -0.495 e. The highest BCUT2D eigenvalue weighted by molar-refractivity contribution is 5.94. The lowest BCUT2D eigenvalue weighted by atomic mass is 10.1. The summed E-state index contributed by atoms with van der Waals surface area (Å²) in [5.41, 5.74) is 0.400. The predicted molar refractivity (Wildman–Crippen MR) is 86.3 cm³/mol. The maximum Gasteiger partial charge on any atom is 0.418 e. The third-order valence-electron chi connectivity index (χ3n) is 3.30. The Morgan fingerprint density at radius 1 is 1.12 bits per heavy atom. The number of hydrogen-bond acceptors (Lipinski definition) is 3. The number of halogens is 3. The van der Waals surface area contributed by atoms with Crippen LogP contribution in [0.1, 0.15) is 11.1 Å². The highest BCUT2D eigenvalue weighted by Gasteiger charge is 2.33. The van der Waals surface area contributed by atoms with Crippen LogP contribution in [0, 0.1) is 6.92 Å². The Hall–Kier alpha value is -2.70. The molecule has 1 amide bonds. The molecule has 0 spiro atoms. The molecule has 0 radical (unpaired) electrons. The van der Waals surface area contributed by atoms with Crippen molar-refractivity contribution in [1.82, 2.24) is 0 Å². The van der Waals surface area contributed by atoms with E-state index in [9.17, 15) is 18.0 Å². The molecule has 0 aliphatic carbocycles. The van der Waals surface area contributed by atoms with Gasteiger partial charge in [0.05, 0.1) is 30.6 Å². The summed E-state index contributed by atoms with van der Waals surface area (Å²) >= 11 is 0. The van der Waals surface area contributed by atoms with E-state index in [1.54, 1.807) is 12.1 Å². The first-order valence-corrected chi connectivity index (χ1v) is 7.16. The van der Waals surface area contributed by atoms with E-state index in [2.05, 4.69) is 10.6 Å². The number of nitrogens with one attached hydrogen (secondary N) is 2. The van der Waals surface area contributed by atoms with Gasteiger partial charge in [0.15, 0.2) is 0 Å². The number of methoxy groups -OCH3 is 1. The summed E-state index contributed by atoms with van der Waals surface area (Å²) in [7, 11) is 1.50. The molecule has 0 unspecified atom stereocenters. The number of benzene rings is 2. The van der Waals surface area contributed by atoms with E-state index < -0.39 is 17.6 Å². The Kier molecular flexibility index (Phi) is 5.33. The second kappa shape index (κ2) is 7.25. The molecular formula is C17H17F3N2O2. The summed E-state index contributed by atoms with van der Waals surface area (Å²) in [6.45, 7) is 1.69. The van der Waals surface area contributed by atoms with Gasteiger partial charge in [-0.1, -0.05) is 18.2 Å². The highest BCUT2D eigenvalue weighted by atomic mass is 19.4. The van der Waals surface area contributed by atoms with Crippen molar-refractivity contribution >= 4 is 17.3 Å². The molecule has 0 saturated carbocycles. The van der Waals surface area contributed by atoms with Gasteiger partial charge in [-0.3, -0.25) is 4.79 Å². The summed E-state index contributed by atoms with van der Waals surface area (Å²) < 4.78 is 43.9. The molecule has 7 heteroatoms. The van der Waals surface area contributed by atoms with Gasteiger partial charge < -0.3 is 15.4 Å². The summed E-state index contributed by atoms with van der Waals surface area (Å²) in [6, 6.07) is 10.2. The SMILES string of the molecule is COc1ccc(C)cc1NCC(=O)Nc1ccccc1C(F)(F)F. The molecule has 0 aliphatic rings. The molecule has 0 aromatic heterocycles. The molecule has 2 aromatic rings. The van der Waals surface area contributed by atoms with E-state index in [0.717, 1.165) is 11.6 Å². The highest BCUT2D eigenvalue weighted by Crippen LogP contribution is 2.34. The summed E-state index contributed by atoms with van der Waals surface area (Å²) in [5, 5.41) is 5.14. The third kappa shape index (κ3) is 4.41. The summed E-state index contributed by atoms with van der Waals surface area (Å²) in [6.07, 6.45) is -4.53. The minimum absolute atomic E-state index is 0.188. The second-order valence-corrected chi connectivity index (χ2v) is 5.15. The van der Waals surface area contributed by atoms with Crippen LogP contribution in [0.15, 0.2) is 42.5 Å². The van der Waals surface area contributed by atoms with Crippen molar-refractivity contribution in [3.63, 3.8) is 0 Å². The molecule has 4 nitrogen and oxygen atoms in total. The second-order valence-electron chi connectivity index (χ2n) is 5.15. The van der Waals surface area contributed by atoms with Crippen LogP contribution in [0.5, 0.6) is 5.75 Å². The van der Waals surface area contributed by atoms with Crippen molar-refractivity contribution in [3.05, 3.63) is 53.6 Å². The standard InChI is InChI=1S/C17H17F3N2O2/c1-11-7-8-15(24-2)14(9-11)21-10-16(23)22-13-6-4-3-5-12(13)17(18,19)20/h3-9,21H,10H2,1-2H3,(H,22,23). The minimum atomic E-state index is -4.53. The number of hydrogen-bond donors (Lipinski definition) is 2. The average molecular weight is 338 g/mol. The van der Waals surface area contributed by atoms with Crippen molar-refractivity contribution in [3.8, 4) is 5.75 Å². The Morgan fingerprint density at radius 3 is 2.50 bits per heavy atom. The van der Waals surface area contributed by atoms with Gasteiger partial charge in [-0.2, -0.15) is 13.2 Å². The van der Waals surface area contributed by atoms with Gasteiger partial charge in [0.1, 0.15) is 5.75 Å². The molecule has 2 aromatic carbocycles. The zero-order valence-electron chi connectivity index (χ0n) is 13.2. The number of ether oxygens (including phenoxy) is 1. The molecule has 128 valence electrons. The van der Waals surface area contributed by atoms with Crippen molar-refractivity contribution in [2.75, 3.05) is 24.3 Å². The van der Waals surface area contributed by atoms with Crippen LogP contribution in [0.2, 0.25) is 0 Å². The van der Waals surface area contributed by atoms with Crippen molar-refractivity contribution in [2.24, 2.45) is 0 Å². The first-order valence-electron chi connectivity index (χ1n) is 7.16. The number of rotatable bonds is 5. The Bertz CT molecular complexity index is 730. The van der Waals surface area contributed by atoms with Gasteiger partial charge in [0.2, 0.25) is 5.91 Å². The maximum atomic E-state index is 12.9. The van der Waals surface area contributed by atoms with Gasteiger partial charge >= 0.3 is 6.18 Å². The van der Waals surface area contributed by atoms with E-state index in [1.807, 2.05) is 13.0 Å². The smallest absolute Gasteiger partial charge is 0.418 e. The van der Waals surface area contributed by atoms with E-state index in [-0.39, 0.29) is 12.2 Å². The maximum absolute atomic E-state index is 12.9. The van der Waals surface area contributed by atoms with E-state index in [4.69, 9.17) is 4.74 Å². The fraction of sp³-hybridized carbons (Fsp3) is 0.235. The monoisotopic (exact) mass is 338 g/mol. The van der Waals surface area contributed by atoms with Gasteiger partial charge in [0.25, 0.3) is 0 Å². The Balaban J connectivity index is 2.06. The number of amides is 1. The fourth-order valence-corrected chi connectivity index (χ4v) is 2.17. The first-order chi connectivity index (χ1) is 11.3. The van der Waals surface area contributed by atoms with Crippen molar-refractivity contribution in [2.45, 2.75) is 13.1 Å². The Morgan fingerprint density at radius 2 is 1.83 bits per heavy atom. The number of aryl methyl sites for hydroxylation is 1. The van der Waals surface area contributed by atoms with Crippen LogP contribution in [-0.2, 0) is 11.0 Å². The van der Waals surface area contributed by atoms with E-state index in [1.165, 1.54) is 25.3 Å². The number of carbonyl (C=O) groups excluding carboxylic acids is 1. The molecule has 0 aliphatic heterocycles. The van der Waals surface area contributed by atoms with E-state index in [0.29, 0.717) is 11.4 Å². The molecule has 0 saturated heterocycles. The van der Waals surface area contributed by atoms with Crippen LogP contribution >= 0.6 is 0 Å². The largest absolute Gasteiger partial charge is 0.495 e. The zero-order valence-corrected chi connectivity index (χ0v) is 13.2. The van der Waals surface area contributed by atoms with Crippen molar-refractivity contribution < 1.29 is 22.7 Å². The van der Waals surface area contributed by atoms with Crippen LogP contribution < -0.4 is 15.4 Å². The third-order valence-corrected chi connectivity index (χ3v) is 3.30. The van der Waals surface area contributed by atoms with Crippen LogP contribution in [-0.4, -0.2) is 19.6 Å². The van der Waals surface area contributed by atoms with Gasteiger partial charge in [-0.15, -0.1) is 0 Å². The van der Waals surface area contributed by atoms with Gasteiger partial charge in [-0.25, -0.2) is 0 Å². The number of para-hydroxylation sites is 1. The fourth-order valence-electron chi connectivity index (χ4n) is 2.17. The quantitative estimate of drug-likeness (QED) is 0.864. The van der Waals surface area contributed by atoms with Gasteiger partial charge in [-0.05, 0) is 36.8 Å². The molecule has 24 heavy (non-hydrogen) atoms. The lowest BCUT2D eigenvalue weighted by Gasteiger charge is -2.15. The first kappa shape index (κ1) is 17.7. The molecule has 0 fully saturated rings. The Labute approximate surface area is 137 Å². The zero-order chi connectivity index (χ0) is 17.7. The predicted octanol–water partition coefficient (Wildman–Crippen LogP) is 4.07. The topological polar surface area (TPSA) is 50.4 Å². The van der Waals surface area contributed by atoms with Crippen LogP contribution in [0.3, 0.4) is 0 Å². The normalized spacial score (nSPS) is 11.0. The molecule has 0 heterocycles. The lowest BCUT2D eigenvalue weighted by molar-refractivity contribution is -0.137. The number of alkyl halides is 3. The lowest BCUT2D eigenvalue weighted by Crippen LogP contribution is -2.23. The molecule has 0 atom stereocenters. The number of carbonyl (C=O) groups is 1. The van der Waals surface area contributed by atoms with E-state index >= 15 is 0 Å². The molecule has 0 bridgehead atoms. The number of anilines is 2. The van der Waals surface area contributed by atoms with Crippen LogP contribution in [0.25, 0.3) is 0 Å². The summed E-state index contributed by atoms with van der Waals surface area (Å²) in [5.74, 6) is -0.0423.